The second kappa shape index (κ2) is 5.96. The molecule has 0 spiro atoms. The van der Waals surface area contributed by atoms with Crippen LogP contribution in [0.4, 0.5) is 4.39 Å². The molecule has 4 nitrogen and oxygen atoms in total. The van der Waals surface area contributed by atoms with Crippen molar-refractivity contribution in [1.82, 2.24) is 15.3 Å². The molecule has 0 fully saturated rings. The molecule has 0 unspecified atom stereocenters. The van der Waals surface area contributed by atoms with Gasteiger partial charge in [-0.2, -0.15) is 0 Å². The average Bonchev–Trinajstić information content (AvgIpc) is 2.42. The van der Waals surface area contributed by atoms with Gasteiger partial charge in [-0.3, -0.25) is 9.78 Å². The smallest absolute Gasteiger partial charge is 0.271 e. The number of hydrogen-bond acceptors (Lipinski definition) is 3. The summed E-state index contributed by atoms with van der Waals surface area (Å²) >= 11 is 5.67. The minimum absolute atomic E-state index is 0.146. The van der Waals surface area contributed by atoms with Crippen LogP contribution in [0.2, 0.25) is 5.15 Å². The van der Waals surface area contributed by atoms with Gasteiger partial charge in [-0.15, -0.1) is 0 Å². The Hall–Kier alpha value is -2.01. The SMILES string of the molecule is Cc1cc(CNC(=O)c2cncc(Cl)n2)cc(C)c1F. The Bertz CT molecular complexity index is 638. The molecule has 2 aromatic rings. The first kappa shape index (κ1) is 14.4. The highest BCUT2D eigenvalue weighted by Crippen LogP contribution is 2.14. The molecule has 0 bridgehead atoms. The van der Waals surface area contributed by atoms with Crippen molar-refractivity contribution >= 4 is 17.5 Å². The number of nitrogens with zero attached hydrogens (tertiary/aromatic N) is 2. The highest BCUT2D eigenvalue weighted by molar-refractivity contribution is 6.29. The lowest BCUT2D eigenvalue weighted by atomic mass is 10.1. The first-order valence-corrected chi connectivity index (χ1v) is 6.36. The molecule has 0 aliphatic heterocycles. The number of hydrogen-bond donors (Lipinski definition) is 1. The van der Waals surface area contributed by atoms with Gasteiger partial charge in [0.2, 0.25) is 0 Å². The molecule has 20 heavy (non-hydrogen) atoms. The molecule has 1 aromatic heterocycles. The maximum atomic E-state index is 13.5. The Balaban J connectivity index is 2.07. The van der Waals surface area contributed by atoms with E-state index in [9.17, 15) is 9.18 Å². The first-order valence-electron chi connectivity index (χ1n) is 5.98. The molecule has 6 heteroatoms. The van der Waals surface area contributed by atoms with Crippen LogP contribution in [0, 0.1) is 19.7 Å². The van der Waals surface area contributed by atoms with Crippen LogP contribution in [0.1, 0.15) is 27.2 Å². The number of benzene rings is 1. The van der Waals surface area contributed by atoms with Crippen molar-refractivity contribution in [2.75, 3.05) is 0 Å². The van der Waals surface area contributed by atoms with E-state index in [0.29, 0.717) is 11.1 Å². The standard InChI is InChI=1S/C14H13ClFN3O/c1-8-3-10(4-9(2)13(8)16)5-18-14(20)11-6-17-7-12(15)19-11/h3-4,6-7H,5H2,1-2H3,(H,18,20). The van der Waals surface area contributed by atoms with E-state index in [4.69, 9.17) is 11.6 Å². The summed E-state index contributed by atoms with van der Waals surface area (Å²) in [6, 6.07) is 3.40. The number of amides is 1. The van der Waals surface area contributed by atoms with Gasteiger partial charge in [0, 0.05) is 6.54 Å². The van der Waals surface area contributed by atoms with Crippen LogP contribution in [0.15, 0.2) is 24.5 Å². The van der Waals surface area contributed by atoms with E-state index in [-0.39, 0.29) is 29.1 Å². The summed E-state index contributed by atoms with van der Waals surface area (Å²) < 4.78 is 13.5. The van der Waals surface area contributed by atoms with Crippen LogP contribution in [0.5, 0.6) is 0 Å². The minimum Gasteiger partial charge on any atom is -0.347 e. The third-order valence-electron chi connectivity index (χ3n) is 2.79. The number of aryl methyl sites for hydroxylation is 2. The normalized spacial score (nSPS) is 10.4. The van der Waals surface area contributed by atoms with Crippen LogP contribution < -0.4 is 5.32 Å². The van der Waals surface area contributed by atoms with Gasteiger partial charge in [0.15, 0.2) is 0 Å². The van der Waals surface area contributed by atoms with Crippen molar-refractivity contribution < 1.29 is 9.18 Å². The van der Waals surface area contributed by atoms with Gasteiger partial charge in [-0.05, 0) is 30.5 Å². The third-order valence-corrected chi connectivity index (χ3v) is 2.97. The van der Waals surface area contributed by atoms with Gasteiger partial charge >= 0.3 is 0 Å². The zero-order chi connectivity index (χ0) is 14.7. The van der Waals surface area contributed by atoms with Gasteiger partial charge < -0.3 is 5.32 Å². The number of carbonyl (C=O) groups is 1. The molecule has 1 N–H and O–H groups in total. The second-order valence-electron chi connectivity index (χ2n) is 4.45. The molecular weight excluding hydrogens is 281 g/mol. The van der Waals surface area contributed by atoms with Crippen molar-refractivity contribution in [2.24, 2.45) is 0 Å². The molecule has 1 amide bonds. The van der Waals surface area contributed by atoms with Gasteiger partial charge in [-0.1, -0.05) is 23.7 Å². The van der Waals surface area contributed by atoms with Crippen molar-refractivity contribution in [1.29, 1.82) is 0 Å². The lowest BCUT2D eigenvalue weighted by Crippen LogP contribution is -2.24. The highest BCUT2D eigenvalue weighted by atomic mass is 35.5. The maximum absolute atomic E-state index is 13.5. The maximum Gasteiger partial charge on any atom is 0.271 e. The molecule has 0 saturated heterocycles. The third kappa shape index (κ3) is 3.30. The van der Waals surface area contributed by atoms with Crippen LogP contribution in [0.25, 0.3) is 0 Å². The topological polar surface area (TPSA) is 54.9 Å². The summed E-state index contributed by atoms with van der Waals surface area (Å²) in [6.07, 6.45) is 2.69. The molecule has 1 aromatic carbocycles. The van der Waals surface area contributed by atoms with E-state index in [2.05, 4.69) is 15.3 Å². The Morgan fingerprint density at radius 3 is 2.55 bits per heavy atom. The second-order valence-corrected chi connectivity index (χ2v) is 4.84. The fourth-order valence-electron chi connectivity index (χ4n) is 1.86. The van der Waals surface area contributed by atoms with E-state index in [1.165, 1.54) is 12.4 Å². The molecule has 104 valence electrons. The summed E-state index contributed by atoms with van der Waals surface area (Å²) in [4.78, 5) is 19.5. The van der Waals surface area contributed by atoms with Gasteiger partial charge in [0.1, 0.15) is 16.7 Å². The van der Waals surface area contributed by atoms with Gasteiger partial charge in [0.05, 0.1) is 12.4 Å². The zero-order valence-corrected chi connectivity index (χ0v) is 11.8. The summed E-state index contributed by atoms with van der Waals surface area (Å²) in [5.41, 5.74) is 2.08. The summed E-state index contributed by atoms with van der Waals surface area (Å²) in [5.74, 6) is -0.597. The number of halogens is 2. The molecule has 0 radical (unpaired) electrons. The lowest BCUT2D eigenvalue weighted by Gasteiger charge is -2.08. The molecule has 0 aliphatic rings. The Morgan fingerprint density at radius 1 is 1.30 bits per heavy atom. The predicted octanol–water partition coefficient (Wildman–Crippen LogP) is 2.82. The van der Waals surface area contributed by atoms with E-state index < -0.39 is 0 Å². The summed E-state index contributed by atoms with van der Waals surface area (Å²) in [6.45, 7) is 3.67. The quantitative estimate of drug-likeness (QED) is 0.947. The predicted molar refractivity (Wildman–Crippen MR) is 74.1 cm³/mol. The zero-order valence-electron chi connectivity index (χ0n) is 11.1. The van der Waals surface area contributed by atoms with Crippen LogP contribution in [0.3, 0.4) is 0 Å². The van der Waals surface area contributed by atoms with Gasteiger partial charge in [0.25, 0.3) is 5.91 Å². The molecule has 0 aliphatic carbocycles. The van der Waals surface area contributed by atoms with E-state index in [1.807, 2.05) is 0 Å². The van der Waals surface area contributed by atoms with E-state index >= 15 is 0 Å². The van der Waals surface area contributed by atoms with Crippen LogP contribution in [-0.4, -0.2) is 15.9 Å². The highest BCUT2D eigenvalue weighted by Gasteiger charge is 2.09. The molecule has 0 atom stereocenters. The fourth-order valence-corrected chi connectivity index (χ4v) is 2.01. The summed E-state index contributed by atoms with van der Waals surface area (Å²) in [5, 5.41) is 2.85. The Morgan fingerprint density at radius 2 is 1.95 bits per heavy atom. The molecule has 2 rings (SSSR count). The molecule has 0 saturated carbocycles. The van der Waals surface area contributed by atoms with Gasteiger partial charge in [-0.25, -0.2) is 9.37 Å². The molecular formula is C14H13ClFN3O. The van der Waals surface area contributed by atoms with Crippen LogP contribution >= 0.6 is 11.6 Å². The molecule has 1 heterocycles. The fraction of sp³-hybridized carbons (Fsp3) is 0.214. The summed E-state index contributed by atoms with van der Waals surface area (Å²) in [7, 11) is 0. The van der Waals surface area contributed by atoms with Crippen molar-refractivity contribution in [3.8, 4) is 0 Å². The number of carbonyl (C=O) groups excluding carboxylic acids is 1. The van der Waals surface area contributed by atoms with Crippen molar-refractivity contribution in [3.05, 3.63) is 57.9 Å². The van der Waals surface area contributed by atoms with E-state index in [1.54, 1.807) is 26.0 Å². The largest absolute Gasteiger partial charge is 0.347 e. The number of nitrogens with one attached hydrogen (secondary N) is 1. The minimum atomic E-state index is -0.375. The lowest BCUT2D eigenvalue weighted by molar-refractivity contribution is 0.0945. The average molecular weight is 294 g/mol. The van der Waals surface area contributed by atoms with Crippen molar-refractivity contribution in [3.63, 3.8) is 0 Å². The number of aromatic nitrogens is 2. The van der Waals surface area contributed by atoms with E-state index in [0.717, 1.165) is 5.56 Å². The Labute approximate surface area is 121 Å². The van der Waals surface area contributed by atoms with Crippen molar-refractivity contribution in [2.45, 2.75) is 20.4 Å². The van der Waals surface area contributed by atoms with Crippen LogP contribution in [-0.2, 0) is 6.54 Å². The monoisotopic (exact) mass is 293 g/mol. The number of rotatable bonds is 3. The Kier molecular flexibility index (Phi) is 4.29. The first-order chi connectivity index (χ1) is 9.47.